The van der Waals surface area contributed by atoms with Crippen molar-refractivity contribution in [3.63, 3.8) is 0 Å². The molecular weight excluding hydrogens is 294 g/mol. The lowest BCUT2D eigenvalue weighted by Crippen LogP contribution is -2.45. The molecule has 1 atom stereocenters. The van der Waals surface area contributed by atoms with Crippen LogP contribution in [0.25, 0.3) is 11.0 Å². The summed E-state index contributed by atoms with van der Waals surface area (Å²) in [5, 5.41) is 1.07. The van der Waals surface area contributed by atoms with Gasteiger partial charge in [-0.3, -0.25) is 9.69 Å². The average Bonchev–Trinajstić information content (AvgIpc) is 3.18. The van der Waals surface area contributed by atoms with Gasteiger partial charge in [-0.1, -0.05) is 18.2 Å². The SMILES string of the molecule is COC(=O)[C@@H]1Cc2nc[nH]c2CN1Cc1cc2ccccc2o1. The minimum atomic E-state index is -0.344. The van der Waals surface area contributed by atoms with E-state index >= 15 is 0 Å². The van der Waals surface area contributed by atoms with Crippen molar-refractivity contribution >= 4 is 16.9 Å². The number of esters is 1. The van der Waals surface area contributed by atoms with E-state index < -0.39 is 0 Å². The number of aromatic amines is 1. The van der Waals surface area contributed by atoms with Crippen LogP contribution >= 0.6 is 0 Å². The molecule has 0 saturated heterocycles. The number of methoxy groups -OCH3 is 1. The maximum atomic E-state index is 12.1. The van der Waals surface area contributed by atoms with Crippen molar-refractivity contribution in [3.8, 4) is 0 Å². The summed E-state index contributed by atoms with van der Waals surface area (Å²) >= 11 is 0. The number of ether oxygens (including phenoxy) is 1. The Hall–Kier alpha value is -2.60. The average molecular weight is 311 g/mol. The molecule has 3 heterocycles. The number of benzene rings is 1. The first-order valence-electron chi connectivity index (χ1n) is 7.55. The van der Waals surface area contributed by atoms with Gasteiger partial charge in [0.2, 0.25) is 0 Å². The minimum absolute atomic E-state index is 0.241. The fourth-order valence-electron chi connectivity index (χ4n) is 3.14. The highest BCUT2D eigenvalue weighted by Gasteiger charge is 2.34. The summed E-state index contributed by atoms with van der Waals surface area (Å²) in [6.45, 7) is 1.17. The summed E-state index contributed by atoms with van der Waals surface area (Å²) in [5.41, 5.74) is 2.83. The lowest BCUT2D eigenvalue weighted by molar-refractivity contribution is -0.148. The van der Waals surface area contributed by atoms with Gasteiger partial charge < -0.3 is 14.1 Å². The number of carbonyl (C=O) groups excluding carboxylic acids is 1. The van der Waals surface area contributed by atoms with Crippen molar-refractivity contribution in [1.29, 1.82) is 0 Å². The second-order valence-corrected chi connectivity index (χ2v) is 5.73. The van der Waals surface area contributed by atoms with Crippen molar-refractivity contribution < 1.29 is 13.9 Å². The van der Waals surface area contributed by atoms with Gasteiger partial charge in [0.25, 0.3) is 0 Å². The van der Waals surface area contributed by atoms with Crippen LogP contribution in [0, 0.1) is 0 Å². The number of carbonyl (C=O) groups is 1. The third-order valence-corrected chi connectivity index (χ3v) is 4.30. The number of hydrogen-bond donors (Lipinski definition) is 1. The number of fused-ring (bicyclic) bond motifs is 2. The first-order valence-corrected chi connectivity index (χ1v) is 7.55. The molecular formula is C17H17N3O3. The zero-order chi connectivity index (χ0) is 15.8. The molecule has 0 aliphatic carbocycles. The van der Waals surface area contributed by atoms with Gasteiger partial charge in [0.15, 0.2) is 0 Å². The normalized spacial score (nSPS) is 18.0. The number of H-pyrrole nitrogens is 1. The Morgan fingerprint density at radius 3 is 3.17 bits per heavy atom. The Morgan fingerprint density at radius 1 is 1.48 bits per heavy atom. The predicted molar refractivity (Wildman–Crippen MR) is 83.6 cm³/mol. The molecule has 6 heteroatoms. The lowest BCUT2D eigenvalue weighted by atomic mass is 10.0. The van der Waals surface area contributed by atoms with Gasteiger partial charge in [-0.15, -0.1) is 0 Å². The third-order valence-electron chi connectivity index (χ3n) is 4.30. The first-order chi connectivity index (χ1) is 11.2. The van der Waals surface area contributed by atoms with Gasteiger partial charge in [0, 0.05) is 18.4 Å². The van der Waals surface area contributed by atoms with Crippen LogP contribution in [0.5, 0.6) is 0 Å². The van der Waals surface area contributed by atoms with Crippen LogP contribution in [0.15, 0.2) is 41.1 Å². The molecule has 0 fully saturated rings. The Morgan fingerprint density at radius 2 is 2.35 bits per heavy atom. The van der Waals surface area contributed by atoms with Crippen LogP contribution in [0.4, 0.5) is 0 Å². The van der Waals surface area contributed by atoms with E-state index in [1.807, 2.05) is 30.3 Å². The number of imidazole rings is 1. The Balaban J connectivity index is 1.63. The lowest BCUT2D eigenvalue weighted by Gasteiger charge is -2.32. The van der Waals surface area contributed by atoms with E-state index in [2.05, 4.69) is 14.9 Å². The molecule has 2 aromatic heterocycles. The smallest absolute Gasteiger partial charge is 0.323 e. The zero-order valence-corrected chi connectivity index (χ0v) is 12.8. The molecule has 0 unspecified atom stereocenters. The predicted octanol–water partition coefficient (Wildman–Crippen LogP) is 2.26. The van der Waals surface area contributed by atoms with Crippen LogP contribution in [0.2, 0.25) is 0 Å². The van der Waals surface area contributed by atoms with Gasteiger partial charge in [-0.05, 0) is 12.1 Å². The van der Waals surface area contributed by atoms with Crippen LogP contribution in [-0.4, -0.2) is 34.0 Å². The highest BCUT2D eigenvalue weighted by Crippen LogP contribution is 2.26. The van der Waals surface area contributed by atoms with E-state index in [4.69, 9.17) is 9.15 Å². The fraction of sp³-hybridized carbons (Fsp3) is 0.294. The van der Waals surface area contributed by atoms with Gasteiger partial charge in [-0.2, -0.15) is 0 Å². The maximum Gasteiger partial charge on any atom is 0.323 e. The molecule has 0 bridgehead atoms. The molecule has 1 aliphatic rings. The highest BCUT2D eigenvalue weighted by atomic mass is 16.5. The number of nitrogens with one attached hydrogen (secondary N) is 1. The Bertz CT molecular complexity index is 819. The van der Waals surface area contributed by atoms with E-state index in [-0.39, 0.29) is 12.0 Å². The summed E-state index contributed by atoms with van der Waals surface area (Å²) in [7, 11) is 1.42. The standard InChI is InChI=1S/C17H17N3O3/c1-22-17(21)15-7-13-14(19-10-18-13)9-20(15)8-12-6-11-4-2-3-5-16(11)23-12/h2-6,10,15H,7-9H2,1H3,(H,18,19)/t15-/m0/s1. The molecule has 6 nitrogen and oxygen atoms in total. The van der Waals surface area contributed by atoms with Gasteiger partial charge >= 0.3 is 5.97 Å². The molecule has 1 aliphatic heterocycles. The van der Waals surface area contributed by atoms with Crippen LogP contribution < -0.4 is 0 Å². The number of hydrogen-bond acceptors (Lipinski definition) is 5. The Kier molecular flexibility index (Phi) is 3.38. The van der Waals surface area contributed by atoms with Crippen molar-refractivity contribution in [1.82, 2.24) is 14.9 Å². The van der Waals surface area contributed by atoms with Crippen LogP contribution in [-0.2, 0) is 29.0 Å². The quantitative estimate of drug-likeness (QED) is 0.751. The maximum absolute atomic E-state index is 12.1. The summed E-state index contributed by atoms with van der Waals surface area (Å²) in [5.74, 6) is 0.595. The van der Waals surface area contributed by atoms with Crippen molar-refractivity contribution in [2.24, 2.45) is 0 Å². The Labute approximate surface area is 133 Å². The number of rotatable bonds is 3. The molecule has 3 aromatic rings. The summed E-state index contributed by atoms with van der Waals surface area (Å²) in [6.07, 6.45) is 2.22. The monoisotopic (exact) mass is 311 g/mol. The fourth-order valence-corrected chi connectivity index (χ4v) is 3.14. The molecule has 4 rings (SSSR count). The zero-order valence-electron chi connectivity index (χ0n) is 12.8. The van der Waals surface area contributed by atoms with Crippen molar-refractivity contribution in [3.05, 3.63) is 53.8 Å². The number of nitrogens with zero attached hydrogens (tertiary/aromatic N) is 2. The summed E-state index contributed by atoms with van der Waals surface area (Å²) in [6, 6.07) is 9.57. The van der Waals surface area contributed by atoms with E-state index in [0.717, 1.165) is 28.1 Å². The van der Waals surface area contributed by atoms with E-state index in [0.29, 0.717) is 19.5 Å². The van der Waals surface area contributed by atoms with E-state index in [1.54, 1.807) is 6.33 Å². The summed E-state index contributed by atoms with van der Waals surface area (Å²) in [4.78, 5) is 21.6. The molecule has 0 amide bonds. The van der Waals surface area contributed by atoms with E-state index in [1.165, 1.54) is 7.11 Å². The number of para-hydroxylation sites is 1. The number of furan rings is 1. The largest absolute Gasteiger partial charge is 0.468 e. The molecule has 1 N–H and O–H groups in total. The first kappa shape index (κ1) is 14.0. The summed E-state index contributed by atoms with van der Waals surface area (Å²) < 4.78 is 10.8. The topological polar surface area (TPSA) is 71.4 Å². The molecule has 0 radical (unpaired) electrons. The van der Waals surface area contributed by atoms with Crippen molar-refractivity contribution in [2.45, 2.75) is 25.6 Å². The molecule has 0 spiro atoms. The third kappa shape index (κ3) is 2.51. The second-order valence-electron chi connectivity index (χ2n) is 5.73. The molecule has 118 valence electrons. The van der Waals surface area contributed by atoms with E-state index in [9.17, 15) is 4.79 Å². The van der Waals surface area contributed by atoms with Crippen LogP contribution in [0.3, 0.4) is 0 Å². The van der Waals surface area contributed by atoms with Crippen LogP contribution in [0.1, 0.15) is 17.1 Å². The number of aromatic nitrogens is 2. The highest BCUT2D eigenvalue weighted by molar-refractivity contribution is 5.78. The van der Waals surface area contributed by atoms with Crippen molar-refractivity contribution in [2.75, 3.05) is 7.11 Å². The van der Waals surface area contributed by atoms with Gasteiger partial charge in [-0.25, -0.2) is 4.98 Å². The van der Waals surface area contributed by atoms with Gasteiger partial charge in [0.1, 0.15) is 17.4 Å². The van der Waals surface area contributed by atoms with Gasteiger partial charge in [0.05, 0.1) is 31.4 Å². The molecule has 23 heavy (non-hydrogen) atoms. The second kappa shape index (κ2) is 5.55. The molecule has 0 saturated carbocycles. The molecule has 1 aromatic carbocycles. The minimum Gasteiger partial charge on any atom is -0.468 e.